The summed E-state index contributed by atoms with van der Waals surface area (Å²) in [5.74, 6) is 1.14. The fraction of sp³-hybridized carbons (Fsp3) is 0.600. The molecule has 0 unspecified atom stereocenters. The van der Waals surface area contributed by atoms with Crippen LogP contribution in [-0.2, 0) is 11.3 Å². The summed E-state index contributed by atoms with van der Waals surface area (Å²) in [4.78, 5) is 19.1. The average Bonchev–Trinajstić information content (AvgIpc) is 3.08. The normalized spacial score (nSPS) is 36.8. The van der Waals surface area contributed by atoms with Crippen LogP contribution >= 0.6 is 0 Å². The van der Waals surface area contributed by atoms with Crippen molar-refractivity contribution in [2.75, 3.05) is 0 Å². The third kappa shape index (κ3) is 2.48. The Hall–Kier alpha value is -1.88. The molecule has 1 N–H and O–H groups in total. The molecule has 4 atom stereocenters. The minimum Gasteiger partial charge on any atom is -0.388 e. The number of pyridine rings is 1. The molecule has 2 aromatic rings. The molecule has 1 saturated carbocycles. The maximum absolute atomic E-state index is 12.8. The van der Waals surface area contributed by atoms with Crippen LogP contribution in [0.4, 0.5) is 0 Å². The molecule has 3 fully saturated rings. The lowest BCUT2D eigenvalue weighted by molar-refractivity contribution is -0.143. The van der Waals surface area contributed by atoms with Crippen molar-refractivity contribution >= 4 is 16.8 Å². The summed E-state index contributed by atoms with van der Waals surface area (Å²) < 4.78 is 2.11. The molecule has 1 amide bonds. The van der Waals surface area contributed by atoms with Crippen LogP contribution in [-0.4, -0.2) is 43.1 Å². The number of nitrogens with zero attached hydrogens (tertiary/aromatic N) is 3. The summed E-state index contributed by atoms with van der Waals surface area (Å²) in [6.07, 6.45) is 10.2. The third-order valence-corrected chi connectivity index (χ3v) is 6.57. The molecule has 132 valence electrons. The molecule has 0 spiro atoms. The van der Waals surface area contributed by atoms with E-state index >= 15 is 0 Å². The van der Waals surface area contributed by atoms with Gasteiger partial charge >= 0.3 is 0 Å². The molecule has 1 aliphatic carbocycles. The van der Waals surface area contributed by atoms with Gasteiger partial charge in [-0.15, -0.1) is 0 Å². The molecular weight excluding hydrogens is 314 g/mol. The molecule has 4 heterocycles. The minimum absolute atomic E-state index is 0.212. The molecule has 3 aliphatic rings. The number of aromatic nitrogens is 2. The van der Waals surface area contributed by atoms with Crippen LogP contribution in [0.1, 0.15) is 39.0 Å². The molecule has 0 aromatic carbocycles. The molecule has 2 bridgehead atoms. The van der Waals surface area contributed by atoms with Crippen LogP contribution in [0.25, 0.3) is 10.9 Å². The van der Waals surface area contributed by atoms with Gasteiger partial charge in [0, 0.05) is 35.8 Å². The van der Waals surface area contributed by atoms with Crippen molar-refractivity contribution in [2.45, 2.75) is 63.3 Å². The summed E-state index contributed by atoms with van der Waals surface area (Å²) in [5, 5.41) is 12.5. The first-order chi connectivity index (χ1) is 12.0. The van der Waals surface area contributed by atoms with E-state index in [1.807, 2.05) is 18.5 Å². The molecule has 5 nitrogen and oxygen atoms in total. The van der Waals surface area contributed by atoms with Gasteiger partial charge in [-0.3, -0.25) is 9.78 Å². The van der Waals surface area contributed by atoms with E-state index in [9.17, 15) is 9.90 Å². The number of piperidine rings is 1. The summed E-state index contributed by atoms with van der Waals surface area (Å²) in [7, 11) is 0. The van der Waals surface area contributed by atoms with Gasteiger partial charge in [0.25, 0.3) is 0 Å². The van der Waals surface area contributed by atoms with E-state index in [1.165, 1.54) is 0 Å². The highest BCUT2D eigenvalue weighted by atomic mass is 16.3. The van der Waals surface area contributed by atoms with Gasteiger partial charge in [-0.05, 0) is 50.2 Å². The Kier molecular flexibility index (Phi) is 3.26. The highest BCUT2D eigenvalue weighted by Crippen LogP contribution is 2.47. The Bertz CT molecular complexity index is 815. The van der Waals surface area contributed by atoms with Crippen molar-refractivity contribution in [1.29, 1.82) is 0 Å². The van der Waals surface area contributed by atoms with Crippen molar-refractivity contribution in [2.24, 2.45) is 11.8 Å². The van der Waals surface area contributed by atoms with Crippen molar-refractivity contribution in [3.63, 3.8) is 0 Å². The average molecular weight is 339 g/mol. The van der Waals surface area contributed by atoms with E-state index in [0.717, 1.165) is 30.2 Å². The van der Waals surface area contributed by atoms with Crippen LogP contribution in [0.3, 0.4) is 0 Å². The zero-order chi connectivity index (χ0) is 17.2. The quantitative estimate of drug-likeness (QED) is 0.935. The maximum atomic E-state index is 12.8. The Balaban J connectivity index is 1.37. The van der Waals surface area contributed by atoms with Gasteiger partial charge in [0.1, 0.15) is 0 Å². The highest BCUT2D eigenvalue weighted by Gasteiger charge is 2.53. The van der Waals surface area contributed by atoms with E-state index in [0.29, 0.717) is 31.2 Å². The fourth-order valence-electron chi connectivity index (χ4n) is 5.15. The predicted molar refractivity (Wildman–Crippen MR) is 94.8 cm³/mol. The summed E-state index contributed by atoms with van der Waals surface area (Å²) in [5.41, 5.74) is 0.327. The van der Waals surface area contributed by atoms with Crippen molar-refractivity contribution in [3.05, 3.63) is 30.7 Å². The molecular formula is C20H25N3O2. The number of fused-ring (bicyclic) bond motifs is 3. The summed E-state index contributed by atoms with van der Waals surface area (Å²) in [6.45, 7) is 2.74. The SMILES string of the molecule is C[C@@H]1C[C@@H]1C(=O)N1[C@H]2CC[C@H]1CC(O)(Cn1ccc3ccncc31)C2. The predicted octanol–water partition coefficient (Wildman–Crippen LogP) is 2.58. The molecule has 0 radical (unpaired) electrons. The molecule has 2 saturated heterocycles. The minimum atomic E-state index is -0.737. The van der Waals surface area contributed by atoms with Gasteiger partial charge in [-0.2, -0.15) is 0 Å². The number of carbonyl (C=O) groups is 1. The van der Waals surface area contributed by atoms with Gasteiger partial charge in [0.15, 0.2) is 0 Å². The number of carbonyl (C=O) groups excluding carboxylic acids is 1. The second-order valence-corrected chi connectivity index (χ2v) is 8.46. The van der Waals surface area contributed by atoms with E-state index in [-0.39, 0.29) is 18.0 Å². The molecule has 2 aromatic heterocycles. The van der Waals surface area contributed by atoms with Gasteiger partial charge in [0.2, 0.25) is 5.91 Å². The lowest BCUT2D eigenvalue weighted by Crippen LogP contribution is -2.55. The first kappa shape index (κ1) is 15.4. The van der Waals surface area contributed by atoms with Crippen molar-refractivity contribution in [3.8, 4) is 0 Å². The Morgan fingerprint density at radius 3 is 2.72 bits per heavy atom. The second-order valence-electron chi connectivity index (χ2n) is 8.46. The molecule has 2 aliphatic heterocycles. The Morgan fingerprint density at radius 2 is 2.04 bits per heavy atom. The zero-order valence-corrected chi connectivity index (χ0v) is 14.6. The van der Waals surface area contributed by atoms with E-state index in [2.05, 4.69) is 27.4 Å². The maximum Gasteiger partial charge on any atom is 0.226 e. The van der Waals surface area contributed by atoms with Crippen LogP contribution in [0, 0.1) is 11.8 Å². The van der Waals surface area contributed by atoms with E-state index in [4.69, 9.17) is 0 Å². The van der Waals surface area contributed by atoms with Gasteiger partial charge in [0.05, 0.1) is 23.9 Å². The van der Waals surface area contributed by atoms with E-state index < -0.39 is 5.60 Å². The third-order valence-electron chi connectivity index (χ3n) is 6.57. The second kappa shape index (κ2) is 5.31. The smallest absolute Gasteiger partial charge is 0.226 e. The number of aliphatic hydroxyl groups is 1. The fourth-order valence-corrected chi connectivity index (χ4v) is 5.15. The monoisotopic (exact) mass is 339 g/mol. The first-order valence-corrected chi connectivity index (χ1v) is 9.47. The zero-order valence-electron chi connectivity index (χ0n) is 14.6. The molecule has 5 rings (SSSR count). The van der Waals surface area contributed by atoms with Gasteiger partial charge in [-0.25, -0.2) is 0 Å². The highest BCUT2D eigenvalue weighted by molar-refractivity contribution is 5.82. The lowest BCUT2D eigenvalue weighted by Gasteiger charge is -2.44. The van der Waals surface area contributed by atoms with E-state index in [1.54, 1.807) is 6.20 Å². The van der Waals surface area contributed by atoms with Crippen molar-refractivity contribution in [1.82, 2.24) is 14.5 Å². The van der Waals surface area contributed by atoms with Crippen molar-refractivity contribution < 1.29 is 9.90 Å². The van der Waals surface area contributed by atoms with Crippen LogP contribution in [0.15, 0.2) is 30.7 Å². The van der Waals surface area contributed by atoms with Gasteiger partial charge in [-0.1, -0.05) is 6.92 Å². The number of rotatable bonds is 3. The van der Waals surface area contributed by atoms with Crippen LogP contribution in [0.2, 0.25) is 0 Å². The molecule has 5 heteroatoms. The van der Waals surface area contributed by atoms with Crippen LogP contribution in [0.5, 0.6) is 0 Å². The summed E-state index contributed by atoms with van der Waals surface area (Å²) >= 11 is 0. The molecule has 25 heavy (non-hydrogen) atoms. The lowest BCUT2D eigenvalue weighted by atomic mass is 9.85. The number of hydrogen-bond donors (Lipinski definition) is 1. The number of hydrogen-bond acceptors (Lipinski definition) is 3. The number of amides is 1. The van der Waals surface area contributed by atoms with Gasteiger partial charge < -0.3 is 14.6 Å². The largest absolute Gasteiger partial charge is 0.388 e. The first-order valence-electron chi connectivity index (χ1n) is 9.47. The topological polar surface area (TPSA) is 58.4 Å². The van der Waals surface area contributed by atoms with Crippen LogP contribution < -0.4 is 0 Å². The standard InChI is InChI=1S/C20H25N3O2/c1-13-8-17(13)19(24)23-15-2-3-16(23)10-20(25,9-15)12-22-7-5-14-4-6-21-11-18(14)22/h4-7,11,13,15-17,25H,2-3,8-10,12H2,1H3/t13-,15+,16+,17+/m1/s1. The Morgan fingerprint density at radius 1 is 1.32 bits per heavy atom. The Labute approximate surface area is 147 Å². The summed E-state index contributed by atoms with van der Waals surface area (Å²) in [6, 6.07) is 4.49.